The first-order valence-electron chi connectivity index (χ1n) is 12.6. The highest BCUT2D eigenvalue weighted by Crippen LogP contribution is 2.35. The number of alkyl halides is 2. The molecule has 1 aliphatic rings. The van der Waals surface area contributed by atoms with Gasteiger partial charge in [0, 0.05) is 50.0 Å². The molecule has 5 rings (SSSR count). The van der Waals surface area contributed by atoms with Gasteiger partial charge in [0.15, 0.2) is 5.82 Å². The van der Waals surface area contributed by atoms with Crippen molar-refractivity contribution < 1.29 is 23.4 Å². The summed E-state index contributed by atoms with van der Waals surface area (Å²) in [4.78, 5) is 18.0. The van der Waals surface area contributed by atoms with Crippen molar-refractivity contribution in [3.8, 4) is 11.3 Å². The van der Waals surface area contributed by atoms with Crippen molar-refractivity contribution >= 4 is 16.9 Å². The van der Waals surface area contributed by atoms with E-state index in [1.807, 2.05) is 11.0 Å². The van der Waals surface area contributed by atoms with E-state index in [2.05, 4.69) is 15.0 Å². The second kappa shape index (κ2) is 10.2. The molecule has 1 saturated heterocycles. The minimum Gasteiger partial charge on any atom is -0.387 e. The molecule has 2 N–H and O–H groups in total. The molecule has 0 unspecified atom stereocenters. The summed E-state index contributed by atoms with van der Waals surface area (Å²) in [6, 6.07) is 8.26. The molecule has 1 aliphatic heterocycles. The maximum Gasteiger partial charge on any atom is 0.333 e. The highest BCUT2D eigenvalue weighted by atomic mass is 19.3. The third-order valence-corrected chi connectivity index (χ3v) is 7.32. The number of hydrogen-bond acceptors (Lipinski definition) is 8. The molecule has 0 radical (unpaired) electrons. The fraction of sp³-hybridized carbons (Fsp3) is 0.407. The van der Waals surface area contributed by atoms with E-state index in [1.54, 1.807) is 18.2 Å². The topological polar surface area (TPSA) is 103 Å². The molecule has 0 bridgehead atoms. The Morgan fingerprint density at radius 2 is 1.69 bits per heavy atom. The van der Waals surface area contributed by atoms with Crippen molar-refractivity contribution in [3.05, 3.63) is 66.0 Å². The second-order valence-electron chi connectivity index (χ2n) is 10.4. The van der Waals surface area contributed by atoms with Gasteiger partial charge in [-0.05, 0) is 32.9 Å². The summed E-state index contributed by atoms with van der Waals surface area (Å²) < 4.78 is 41.3. The number of fused-ring (bicyclic) bond motifs is 1. The summed E-state index contributed by atoms with van der Waals surface area (Å²) in [5.41, 5.74) is -0.737. The number of piperazine rings is 1. The molecule has 3 aromatic heterocycles. The molecular weight excluding hydrogens is 511 g/mol. The third kappa shape index (κ3) is 5.32. The van der Waals surface area contributed by atoms with Crippen LogP contribution in [-0.2, 0) is 12.1 Å². The zero-order valence-electron chi connectivity index (χ0n) is 21.9. The Morgan fingerprint density at radius 3 is 2.33 bits per heavy atom. The zero-order valence-corrected chi connectivity index (χ0v) is 21.9. The lowest BCUT2D eigenvalue weighted by atomic mass is 9.84. The zero-order chi connectivity index (χ0) is 27.9. The molecule has 206 valence electrons. The van der Waals surface area contributed by atoms with Gasteiger partial charge in [-0.25, -0.2) is 19.0 Å². The van der Waals surface area contributed by atoms with E-state index < -0.39 is 17.8 Å². The smallest absolute Gasteiger partial charge is 0.333 e. The van der Waals surface area contributed by atoms with Crippen LogP contribution in [0.15, 0.2) is 48.9 Å². The highest BCUT2D eigenvalue weighted by molar-refractivity contribution is 5.83. The normalized spacial score (nSPS) is 16.7. The molecule has 1 aromatic carbocycles. The number of nitrogens with zero attached hydrogens (tertiary/aromatic N) is 7. The molecule has 0 aliphatic carbocycles. The van der Waals surface area contributed by atoms with Crippen LogP contribution in [0.25, 0.3) is 22.3 Å². The number of rotatable bonds is 7. The van der Waals surface area contributed by atoms with Crippen molar-refractivity contribution in [3.63, 3.8) is 0 Å². The summed E-state index contributed by atoms with van der Waals surface area (Å²) in [7, 11) is 0. The molecule has 39 heavy (non-hydrogen) atoms. The predicted molar refractivity (Wildman–Crippen MR) is 140 cm³/mol. The first-order valence-corrected chi connectivity index (χ1v) is 12.6. The molecule has 1 atom stereocenters. The average Bonchev–Trinajstić information content (AvgIpc) is 3.39. The second-order valence-corrected chi connectivity index (χ2v) is 10.4. The van der Waals surface area contributed by atoms with Crippen LogP contribution in [0.2, 0.25) is 0 Å². The molecule has 4 aromatic rings. The van der Waals surface area contributed by atoms with E-state index in [1.165, 1.54) is 45.4 Å². The van der Waals surface area contributed by atoms with Gasteiger partial charge in [-0.2, -0.15) is 13.9 Å². The van der Waals surface area contributed by atoms with Crippen LogP contribution in [0, 0.1) is 5.82 Å². The van der Waals surface area contributed by atoms with Crippen LogP contribution in [0.5, 0.6) is 0 Å². The van der Waals surface area contributed by atoms with Crippen LogP contribution >= 0.6 is 0 Å². The van der Waals surface area contributed by atoms with Gasteiger partial charge >= 0.3 is 6.55 Å². The monoisotopic (exact) mass is 541 g/mol. The summed E-state index contributed by atoms with van der Waals surface area (Å²) in [6.07, 6.45) is 3.98. The largest absolute Gasteiger partial charge is 0.387 e. The summed E-state index contributed by atoms with van der Waals surface area (Å²) in [6.45, 7) is 4.45. The van der Waals surface area contributed by atoms with Gasteiger partial charge in [-0.15, -0.1) is 0 Å². The van der Waals surface area contributed by atoms with Gasteiger partial charge in [0.05, 0.1) is 29.2 Å². The van der Waals surface area contributed by atoms with Crippen molar-refractivity contribution in [1.29, 1.82) is 0 Å². The number of hydrogen-bond donors (Lipinski definition) is 2. The number of anilines is 1. The lowest BCUT2D eigenvalue weighted by Gasteiger charge is -2.36. The fourth-order valence-electron chi connectivity index (χ4n) is 4.50. The lowest BCUT2D eigenvalue weighted by molar-refractivity contribution is -0.127. The van der Waals surface area contributed by atoms with E-state index in [0.29, 0.717) is 71.1 Å². The van der Waals surface area contributed by atoms with E-state index in [0.717, 1.165) is 0 Å². The number of aromatic nitrogens is 5. The number of pyridine rings is 1. The lowest BCUT2D eigenvalue weighted by Crippen LogP contribution is -2.46. The number of aliphatic hydroxyl groups is 2. The van der Waals surface area contributed by atoms with E-state index in [-0.39, 0.29) is 11.5 Å². The molecule has 1 fully saturated rings. The maximum atomic E-state index is 14.2. The standard InChI is InChI=1S/C27H30F3N7O2/c1-26(2,38)27(3,39)22-12-20-21(14-31-22)33-23(18-13-32-37(16-18)25(29)30)24(34-20)36-10-8-35(9-11-36)15-17-6-4-5-7-19(17)28/h4-7,12-14,16,25,38-39H,8-11,15H2,1-3H3/t27-/m0/s1. The van der Waals surface area contributed by atoms with Crippen LogP contribution in [0.1, 0.15) is 38.6 Å². The Morgan fingerprint density at radius 1 is 0.974 bits per heavy atom. The minimum absolute atomic E-state index is 0.218. The fourth-order valence-corrected chi connectivity index (χ4v) is 4.50. The van der Waals surface area contributed by atoms with Gasteiger partial charge < -0.3 is 15.1 Å². The van der Waals surface area contributed by atoms with Crippen molar-refractivity contribution in [1.82, 2.24) is 29.6 Å². The van der Waals surface area contributed by atoms with Crippen LogP contribution in [0.4, 0.5) is 19.0 Å². The average molecular weight is 542 g/mol. The van der Waals surface area contributed by atoms with Gasteiger partial charge in [-0.3, -0.25) is 9.88 Å². The molecule has 12 heteroatoms. The molecule has 9 nitrogen and oxygen atoms in total. The van der Waals surface area contributed by atoms with Crippen molar-refractivity contribution in [2.45, 2.75) is 45.1 Å². The quantitative estimate of drug-likeness (QED) is 0.365. The van der Waals surface area contributed by atoms with Gasteiger partial charge in [0.1, 0.15) is 22.6 Å². The Bertz CT molecular complexity index is 1480. The Labute approximate surface area is 223 Å². The van der Waals surface area contributed by atoms with Gasteiger partial charge in [0.2, 0.25) is 0 Å². The number of halogens is 3. The highest BCUT2D eigenvalue weighted by Gasteiger charge is 2.40. The summed E-state index contributed by atoms with van der Waals surface area (Å²) >= 11 is 0. The van der Waals surface area contributed by atoms with E-state index in [4.69, 9.17) is 9.97 Å². The van der Waals surface area contributed by atoms with Crippen LogP contribution < -0.4 is 4.90 Å². The van der Waals surface area contributed by atoms with Crippen LogP contribution in [0.3, 0.4) is 0 Å². The van der Waals surface area contributed by atoms with Gasteiger partial charge in [-0.1, -0.05) is 18.2 Å². The maximum absolute atomic E-state index is 14.2. The van der Waals surface area contributed by atoms with Crippen molar-refractivity contribution in [2.24, 2.45) is 0 Å². The first kappa shape index (κ1) is 27.0. The molecule has 4 heterocycles. The summed E-state index contributed by atoms with van der Waals surface area (Å²) in [5, 5.41) is 25.2. The van der Waals surface area contributed by atoms with Crippen molar-refractivity contribution in [2.75, 3.05) is 31.1 Å². The first-order chi connectivity index (χ1) is 18.4. The van der Waals surface area contributed by atoms with Crippen LogP contribution in [-0.4, -0.2) is 71.6 Å². The Balaban J connectivity index is 1.50. The minimum atomic E-state index is -2.80. The molecule has 0 saturated carbocycles. The number of benzene rings is 1. The SMILES string of the molecule is CC(C)(O)[C@@](C)(O)c1cc2nc(N3CCN(Cc4ccccc4F)CC3)c(-c3cnn(C(F)F)c3)nc2cn1. The molecule has 0 spiro atoms. The Kier molecular flexibility index (Phi) is 7.04. The molecule has 0 amide bonds. The van der Waals surface area contributed by atoms with E-state index >= 15 is 0 Å². The van der Waals surface area contributed by atoms with E-state index in [9.17, 15) is 23.4 Å². The third-order valence-electron chi connectivity index (χ3n) is 7.32. The molecular formula is C27H30F3N7O2. The summed E-state index contributed by atoms with van der Waals surface area (Å²) in [5.74, 6) is 0.229. The van der Waals surface area contributed by atoms with Gasteiger partial charge in [0.25, 0.3) is 0 Å². The predicted octanol–water partition coefficient (Wildman–Crippen LogP) is 3.72. The Hall–Kier alpha value is -3.61.